The molecule has 0 aliphatic carbocycles. The third kappa shape index (κ3) is 3.70. The zero-order chi connectivity index (χ0) is 17.1. The van der Waals surface area contributed by atoms with Crippen molar-refractivity contribution in [1.82, 2.24) is 20.1 Å². The molecule has 4 rings (SSSR count). The van der Waals surface area contributed by atoms with Gasteiger partial charge in [-0.05, 0) is 11.4 Å². The van der Waals surface area contributed by atoms with Crippen LogP contribution < -0.4 is 5.56 Å². The molecule has 0 aliphatic rings. The van der Waals surface area contributed by atoms with Gasteiger partial charge in [0.15, 0.2) is 5.16 Å². The molecule has 0 unspecified atom stereocenters. The lowest BCUT2D eigenvalue weighted by Gasteiger charge is -2.03. The first-order chi connectivity index (χ1) is 12.3. The van der Waals surface area contributed by atoms with Crippen LogP contribution in [0.2, 0.25) is 0 Å². The highest BCUT2D eigenvalue weighted by atomic mass is 32.2. The summed E-state index contributed by atoms with van der Waals surface area (Å²) >= 11 is 2.90. The van der Waals surface area contributed by atoms with Crippen LogP contribution in [0.25, 0.3) is 22.0 Å². The van der Waals surface area contributed by atoms with E-state index < -0.39 is 0 Å². The Balaban J connectivity index is 1.52. The Morgan fingerprint density at radius 1 is 1.12 bits per heavy atom. The largest absolute Gasteiger partial charge is 0.338 e. The number of nitrogens with zero attached hydrogens (tertiary/aromatic N) is 3. The van der Waals surface area contributed by atoms with Crippen LogP contribution in [0, 0.1) is 0 Å². The predicted octanol–water partition coefficient (Wildman–Crippen LogP) is 3.84. The van der Waals surface area contributed by atoms with E-state index in [0.717, 1.165) is 10.4 Å². The molecule has 0 bridgehead atoms. The second kappa shape index (κ2) is 7.04. The van der Waals surface area contributed by atoms with Crippen LogP contribution in [-0.2, 0) is 5.75 Å². The molecule has 0 fully saturated rings. The monoisotopic (exact) mass is 368 g/mol. The molecule has 0 saturated heterocycles. The lowest BCUT2D eigenvalue weighted by Crippen LogP contribution is -2.08. The van der Waals surface area contributed by atoms with E-state index >= 15 is 0 Å². The molecule has 0 amide bonds. The van der Waals surface area contributed by atoms with E-state index in [0.29, 0.717) is 28.3 Å². The van der Waals surface area contributed by atoms with Crippen molar-refractivity contribution in [2.75, 3.05) is 0 Å². The lowest BCUT2D eigenvalue weighted by atomic mass is 10.1. The second-order valence-corrected chi connectivity index (χ2v) is 6.99. The molecule has 0 radical (unpaired) electrons. The lowest BCUT2D eigenvalue weighted by molar-refractivity contribution is 0.391. The van der Waals surface area contributed by atoms with Crippen molar-refractivity contribution < 1.29 is 4.52 Å². The molecule has 0 saturated carbocycles. The zero-order valence-electron chi connectivity index (χ0n) is 12.9. The average molecular weight is 368 g/mol. The Morgan fingerprint density at radius 2 is 2.00 bits per heavy atom. The van der Waals surface area contributed by atoms with Gasteiger partial charge in [-0.25, -0.2) is 4.98 Å². The fraction of sp³-hybridized carbons (Fsp3) is 0.0588. The highest BCUT2D eigenvalue weighted by Gasteiger charge is 2.11. The Labute approximate surface area is 151 Å². The number of thioether (sulfide) groups is 1. The van der Waals surface area contributed by atoms with E-state index in [9.17, 15) is 4.79 Å². The number of nitrogens with one attached hydrogen (secondary N) is 1. The summed E-state index contributed by atoms with van der Waals surface area (Å²) in [6, 6.07) is 14.9. The second-order valence-electron chi connectivity index (χ2n) is 5.08. The maximum absolute atomic E-state index is 11.9. The van der Waals surface area contributed by atoms with Gasteiger partial charge in [0, 0.05) is 11.6 Å². The molecule has 0 aliphatic heterocycles. The predicted molar refractivity (Wildman–Crippen MR) is 97.5 cm³/mol. The Morgan fingerprint density at radius 3 is 2.80 bits per heavy atom. The first-order valence-corrected chi connectivity index (χ1v) is 9.30. The van der Waals surface area contributed by atoms with Crippen molar-refractivity contribution in [2.45, 2.75) is 10.9 Å². The Hall–Kier alpha value is -2.71. The summed E-state index contributed by atoms with van der Waals surface area (Å²) in [6.45, 7) is 0. The zero-order valence-corrected chi connectivity index (χ0v) is 14.5. The number of hydrogen-bond donors (Lipinski definition) is 1. The van der Waals surface area contributed by atoms with Gasteiger partial charge in [-0.2, -0.15) is 4.98 Å². The fourth-order valence-electron chi connectivity index (χ4n) is 2.21. The summed E-state index contributed by atoms with van der Waals surface area (Å²) in [5.41, 5.74) is 1.34. The van der Waals surface area contributed by atoms with Crippen molar-refractivity contribution in [1.29, 1.82) is 0 Å². The van der Waals surface area contributed by atoms with E-state index in [4.69, 9.17) is 4.52 Å². The first kappa shape index (κ1) is 15.8. The summed E-state index contributed by atoms with van der Waals surface area (Å²) in [6.07, 6.45) is 0. The van der Waals surface area contributed by atoms with Crippen LogP contribution in [0.3, 0.4) is 0 Å². The van der Waals surface area contributed by atoms with Gasteiger partial charge in [-0.15, -0.1) is 11.3 Å². The van der Waals surface area contributed by atoms with Gasteiger partial charge in [0.2, 0.25) is 11.7 Å². The standard InChI is InChI=1S/C17H12N4O2S2/c22-14-9-12(11-5-2-1-3-6-11)18-17(19-14)25-10-15-20-16(21-23-15)13-7-4-8-24-13/h1-9H,10H2,(H,18,19,22). The van der Waals surface area contributed by atoms with Gasteiger partial charge in [-0.1, -0.05) is 53.3 Å². The summed E-state index contributed by atoms with van der Waals surface area (Å²) < 4.78 is 5.26. The van der Waals surface area contributed by atoms with Crippen LogP contribution >= 0.6 is 23.1 Å². The van der Waals surface area contributed by atoms with Gasteiger partial charge in [0.05, 0.1) is 16.3 Å². The fourth-order valence-corrected chi connectivity index (χ4v) is 3.57. The highest BCUT2D eigenvalue weighted by Crippen LogP contribution is 2.24. The molecule has 0 spiro atoms. The Bertz CT molecular complexity index is 1030. The number of aromatic amines is 1. The van der Waals surface area contributed by atoms with Crippen LogP contribution in [0.15, 0.2) is 68.4 Å². The van der Waals surface area contributed by atoms with E-state index in [-0.39, 0.29) is 5.56 Å². The number of H-pyrrole nitrogens is 1. The minimum absolute atomic E-state index is 0.193. The number of thiophene rings is 1. The summed E-state index contributed by atoms with van der Waals surface area (Å²) in [7, 11) is 0. The van der Waals surface area contributed by atoms with Crippen molar-refractivity contribution in [3.8, 4) is 22.0 Å². The van der Waals surface area contributed by atoms with E-state index in [1.165, 1.54) is 17.8 Å². The SMILES string of the molecule is O=c1cc(-c2ccccc2)nc(SCc2nc(-c3cccs3)no2)[nH]1. The topological polar surface area (TPSA) is 84.7 Å². The molecule has 0 atom stereocenters. The number of hydrogen-bond acceptors (Lipinski definition) is 7. The molecule has 3 heterocycles. The van der Waals surface area contributed by atoms with Crippen molar-refractivity contribution in [2.24, 2.45) is 0 Å². The Kier molecular flexibility index (Phi) is 4.45. The molecule has 124 valence electrons. The third-order valence-electron chi connectivity index (χ3n) is 3.33. The summed E-state index contributed by atoms with van der Waals surface area (Å²) in [5.74, 6) is 1.49. The molecule has 8 heteroatoms. The van der Waals surface area contributed by atoms with Crippen LogP contribution in [0.5, 0.6) is 0 Å². The average Bonchev–Trinajstić information content (AvgIpc) is 3.32. The molecule has 1 N–H and O–H groups in total. The maximum Gasteiger partial charge on any atom is 0.252 e. The molecule has 6 nitrogen and oxygen atoms in total. The third-order valence-corrected chi connectivity index (χ3v) is 5.06. The first-order valence-electron chi connectivity index (χ1n) is 7.44. The molecule has 3 aromatic heterocycles. The normalized spacial score (nSPS) is 10.9. The van der Waals surface area contributed by atoms with Gasteiger partial charge in [0.1, 0.15) is 0 Å². The summed E-state index contributed by atoms with van der Waals surface area (Å²) in [4.78, 5) is 24.4. The number of benzene rings is 1. The van der Waals surface area contributed by atoms with Crippen molar-refractivity contribution >= 4 is 23.1 Å². The molecular weight excluding hydrogens is 356 g/mol. The van der Waals surface area contributed by atoms with Crippen LogP contribution in [-0.4, -0.2) is 20.1 Å². The summed E-state index contributed by atoms with van der Waals surface area (Å²) in [5, 5.41) is 6.45. The molecular formula is C17H12N4O2S2. The van der Waals surface area contributed by atoms with Gasteiger partial charge >= 0.3 is 0 Å². The molecule has 25 heavy (non-hydrogen) atoms. The van der Waals surface area contributed by atoms with Gasteiger partial charge in [-0.3, -0.25) is 4.79 Å². The smallest absolute Gasteiger partial charge is 0.252 e. The van der Waals surface area contributed by atoms with Gasteiger partial charge < -0.3 is 9.51 Å². The maximum atomic E-state index is 11.9. The van der Waals surface area contributed by atoms with Crippen LogP contribution in [0.1, 0.15) is 5.89 Å². The highest BCUT2D eigenvalue weighted by molar-refractivity contribution is 7.98. The quantitative estimate of drug-likeness (QED) is 0.425. The van der Waals surface area contributed by atoms with Gasteiger partial charge in [0.25, 0.3) is 5.56 Å². The minimum atomic E-state index is -0.193. The number of rotatable bonds is 5. The molecule has 4 aromatic rings. The van der Waals surface area contributed by atoms with Crippen molar-refractivity contribution in [3.05, 3.63) is 70.2 Å². The minimum Gasteiger partial charge on any atom is -0.338 e. The van der Waals surface area contributed by atoms with E-state index in [1.807, 2.05) is 47.8 Å². The van der Waals surface area contributed by atoms with Crippen LogP contribution in [0.4, 0.5) is 0 Å². The van der Waals surface area contributed by atoms with E-state index in [1.54, 1.807) is 11.3 Å². The molecule has 1 aromatic carbocycles. The van der Waals surface area contributed by atoms with Crippen molar-refractivity contribution in [3.63, 3.8) is 0 Å². The van der Waals surface area contributed by atoms with E-state index in [2.05, 4.69) is 20.1 Å². The number of aromatic nitrogens is 4.